The first-order valence-electron chi connectivity index (χ1n) is 11.9. The summed E-state index contributed by atoms with van der Waals surface area (Å²) < 4.78 is 11.3. The zero-order valence-corrected chi connectivity index (χ0v) is 23.5. The Bertz CT molecular complexity index is 1560. The number of nitrogens with zero attached hydrogens (tertiary/aromatic N) is 1. The van der Waals surface area contributed by atoms with Gasteiger partial charge in [0.25, 0.3) is 17.7 Å². The number of hydrogen-bond acceptors (Lipinski definition) is 6. The molecule has 0 spiro atoms. The van der Waals surface area contributed by atoms with Gasteiger partial charge in [0.1, 0.15) is 5.57 Å². The molecular weight excluding hydrogens is 581 g/mol. The van der Waals surface area contributed by atoms with Crippen molar-refractivity contribution >= 4 is 76.0 Å². The second-order valence-corrected chi connectivity index (χ2v) is 9.69. The molecule has 0 radical (unpaired) electrons. The molecule has 206 valence electrons. The molecule has 0 saturated carbocycles. The van der Waals surface area contributed by atoms with Crippen LogP contribution in [0.1, 0.15) is 18.1 Å². The normalized spacial score (nSPS) is 14.3. The highest BCUT2D eigenvalue weighted by Gasteiger charge is 2.37. The number of para-hydroxylation sites is 1. The minimum Gasteiger partial charge on any atom is -0.490 e. The molecule has 1 saturated heterocycles. The molecule has 2 N–H and O–H groups in total. The minimum atomic E-state index is -0.904. The van der Waals surface area contributed by atoms with Gasteiger partial charge < -0.3 is 14.8 Å². The number of carbonyl (C=O) groups is 4. The molecular formula is C28H22Cl3N3O6. The van der Waals surface area contributed by atoms with E-state index >= 15 is 0 Å². The summed E-state index contributed by atoms with van der Waals surface area (Å²) in [5.74, 6) is -1.95. The van der Waals surface area contributed by atoms with Crippen molar-refractivity contribution in [2.24, 2.45) is 0 Å². The van der Waals surface area contributed by atoms with Crippen molar-refractivity contribution in [3.05, 3.63) is 86.4 Å². The average molecular weight is 603 g/mol. The summed E-state index contributed by atoms with van der Waals surface area (Å²) in [4.78, 5) is 51.6. The first-order valence-corrected chi connectivity index (χ1v) is 13.0. The van der Waals surface area contributed by atoms with Gasteiger partial charge in [-0.1, -0.05) is 53.0 Å². The third-order valence-corrected chi connectivity index (χ3v) is 6.67. The summed E-state index contributed by atoms with van der Waals surface area (Å²) in [6, 6.07) is 13.4. The van der Waals surface area contributed by atoms with Crippen LogP contribution in [-0.2, 0) is 14.4 Å². The van der Waals surface area contributed by atoms with Crippen molar-refractivity contribution in [1.29, 1.82) is 0 Å². The smallest absolute Gasteiger partial charge is 0.335 e. The Morgan fingerprint density at radius 2 is 1.73 bits per heavy atom. The Morgan fingerprint density at radius 3 is 2.42 bits per heavy atom. The van der Waals surface area contributed by atoms with Gasteiger partial charge in [-0.15, -0.1) is 0 Å². The van der Waals surface area contributed by atoms with E-state index in [9.17, 15) is 19.2 Å². The third-order valence-electron chi connectivity index (χ3n) is 5.65. The van der Waals surface area contributed by atoms with E-state index in [1.165, 1.54) is 24.3 Å². The number of hydrogen-bond donors (Lipinski definition) is 2. The summed E-state index contributed by atoms with van der Waals surface area (Å²) >= 11 is 18.7. The topological polar surface area (TPSA) is 114 Å². The van der Waals surface area contributed by atoms with Gasteiger partial charge >= 0.3 is 6.03 Å². The predicted octanol–water partition coefficient (Wildman–Crippen LogP) is 6.04. The van der Waals surface area contributed by atoms with E-state index in [0.29, 0.717) is 21.3 Å². The zero-order valence-electron chi connectivity index (χ0n) is 21.2. The lowest BCUT2D eigenvalue weighted by Crippen LogP contribution is -2.54. The van der Waals surface area contributed by atoms with E-state index in [1.54, 1.807) is 50.2 Å². The van der Waals surface area contributed by atoms with Crippen LogP contribution < -0.4 is 25.0 Å². The summed E-state index contributed by atoms with van der Waals surface area (Å²) in [5, 5.41) is 5.58. The largest absolute Gasteiger partial charge is 0.490 e. The average Bonchev–Trinajstić information content (AvgIpc) is 2.89. The van der Waals surface area contributed by atoms with Gasteiger partial charge in [-0.25, -0.2) is 9.69 Å². The number of nitrogens with one attached hydrogen (secondary N) is 2. The number of barbiturate groups is 1. The Balaban J connectivity index is 1.59. The van der Waals surface area contributed by atoms with Gasteiger partial charge in [-0.2, -0.15) is 0 Å². The highest BCUT2D eigenvalue weighted by atomic mass is 35.5. The summed E-state index contributed by atoms with van der Waals surface area (Å²) in [5.41, 5.74) is 1.37. The fourth-order valence-corrected chi connectivity index (χ4v) is 4.37. The molecule has 0 unspecified atom stereocenters. The van der Waals surface area contributed by atoms with E-state index in [1.807, 2.05) is 0 Å². The number of halogens is 3. The number of aryl methyl sites for hydroxylation is 1. The maximum absolute atomic E-state index is 13.3. The van der Waals surface area contributed by atoms with E-state index < -0.39 is 30.4 Å². The lowest BCUT2D eigenvalue weighted by atomic mass is 10.1. The maximum Gasteiger partial charge on any atom is 0.335 e. The Morgan fingerprint density at radius 1 is 0.975 bits per heavy atom. The molecule has 40 heavy (non-hydrogen) atoms. The first kappa shape index (κ1) is 28.9. The molecule has 5 amide bonds. The van der Waals surface area contributed by atoms with Gasteiger partial charge in [-0.05, 0) is 67.4 Å². The molecule has 3 aromatic rings. The molecule has 3 aromatic carbocycles. The van der Waals surface area contributed by atoms with Crippen LogP contribution in [0.25, 0.3) is 6.08 Å². The Hall–Kier alpha value is -4.05. The van der Waals surface area contributed by atoms with Crippen molar-refractivity contribution in [3.63, 3.8) is 0 Å². The van der Waals surface area contributed by atoms with Gasteiger partial charge in [0.2, 0.25) is 0 Å². The van der Waals surface area contributed by atoms with Crippen molar-refractivity contribution in [3.8, 4) is 11.5 Å². The van der Waals surface area contributed by atoms with E-state index in [-0.39, 0.29) is 34.4 Å². The molecule has 12 heteroatoms. The number of benzene rings is 3. The molecule has 1 heterocycles. The van der Waals surface area contributed by atoms with Crippen molar-refractivity contribution in [2.45, 2.75) is 13.8 Å². The molecule has 0 atom stereocenters. The van der Waals surface area contributed by atoms with Gasteiger partial charge in [-0.3, -0.25) is 19.7 Å². The van der Waals surface area contributed by atoms with Crippen LogP contribution in [0.3, 0.4) is 0 Å². The molecule has 9 nitrogen and oxygen atoms in total. The quantitative estimate of drug-likeness (QED) is 0.240. The number of amides is 5. The standard InChI is InChI=1S/C28H22Cl3N3O6/c1-3-39-23-12-16(11-21(31)25(23)40-14-24(35)32-22-7-5-4-6-19(22)29)10-18-26(36)33-28(38)34(27(18)37)17-9-8-15(2)20(30)13-17/h4-13H,3,14H2,1-2H3,(H,32,35)(H,33,36,38)/b18-10+. The summed E-state index contributed by atoms with van der Waals surface area (Å²) in [6.07, 6.45) is 1.27. The summed E-state index contributed by atoms with van der Waals surface area (Å²) in [6.45, 7) is 3.34. The van der Waals surface area contributed by atoms with Gasteiger partial charge in [0, 0.05) is 5.02 Å². The molecule has 0 bridgehead atoms. The molecule has 0 aliphatic carbocycles. The van der Waals surface area contributed by atoms with Crippen LogP contribution >= 0.6 is 34.8 Å². The molecule has 1 aliphatic rings. The minimum absolute atomic E-state index is 0.0604. The molecule has 4 rings (SSSR count). The summed E-state index contributed by atoms with van der Waals surface area (Å²) in [7, 11) is 0. The van der Waals surface area contributed by atoms with E-state index in [2.05, 4.69) is 10.6 Å². The van der Waals surface area contributed by atoms with Gasteiger partial charge in [0.15, 0.2) is 18.1 Å². The number of anilines is 2. The number of ether oxygens (including phenoxy) is 2. The third kappa shape index (κ3) is 6.39. The van der Waals surface area contributed by atoms with E-state index in [0.717, 1.165) is 10.5 Å². The lowest BCUT2D eigenvalue weighted by Gasteiger charge is -2.26. The number of imide groups is 2. The molecule has 0 aromatic heterocycles. The van der Waals surface area contributed by atoms with Crippen LogP contribution in [0.15, 0.2) is 60.2 Å². The van der Waals surface area contributed by atoms with Crippen LogP contribution in [0.5, 0.6) is 11.5 Å². The Kier molecular flexibility index (Phi) is 8.99. The Labute approximate surface area is 244 Å². The van der Waals surface area contributed by atoms with Crippen LogP contribution in [0.2, 0.25) is 15.1 Å². The SMILES string of the molecule is CCOc1cc(/C=C2\C(=O)NC(=O)N(c3ccc(C)c(Cl)c3)C2=O)cc(Cl)c1OCC(=O)Nc1ccccc1Cl. The fraction of sp³-hybridized carbons (Fsp3) is 0.143. The van der Waals surface area contributed by atoms with Crippen LogP contribution in [0.4, 0.5) is 16.2 Å². The first-order chi connectivity index (χ1) is 19.1. The maximum atomic E-state index is 13.3. The van der Waals surface area contributed by atoms with Crippen molar-refractivity contribution in [1.82, 2.24) is 5.32 Å². The van der Waals surface area contributed by atoms with Crippen LogP contribution in [-0.4, -0.2) is 37.0 Å². The van der Waals surface area contributed by atoms with Crippen LogP contribution in [0, 0.1) is 6.92 Å². The highest BCUT2D eigenvalue weighted by Crippen LogP contribution is 2.38. The number of rotatable bonds is 8. The lowest BCUT2D eigenvalue weighted by molar-refractivity contribution is -0.122. The molecule has 1 aliphatic heterocycles. The van der Waals surface area contributed by atoms with Crippen molar-refractivity contribution in [2.75, 3.05) is 23.4 Å². The number of carbonyl (C=O) groups excluding carboxylic acids is 4. The predicted molar refractivity (Wildman–Crippen MR) is 153 cm³/mol. The highest BCUT2D eigenvalue weighted by molar-refractivity contribution is 6.40. The van der Waals surface area contributed by atoms with Crippen molar-refractivity contribution < 1.29 is 28.7 Å². The second-order valence-electron chi connectivity index (χ2n) is 8.47. The van der Waals surface area contributed by atoms with E-state index in [4.69, 9.17) is 44.3 Å². The zero-order chi connectivity index (χ0) is 29.0. The van der Waals surface area contributed by atoms with Gasteiger partial charge in [0.05, 0.1) is 28.0 Å². The number of urea groups is 1. The fourth-order valence-electron chi connectivity index (χ4n) is 3.74. The second kappa shape index (κ2) is 12.4. The molecule has 1 fully saturated rings. The monoisotopic (exact) mass is 601 g/mol.